The van der Waals surface area contributed by atoms with E-state index >= 15 is 0 Å². The van der Waals surface area contributed by atoms with Gasteiger partial charge in [-0.1, -0.05) is 13.8 Å². The number of thiophene rings is 1. The minimum absolute atomic E-state index is 0.164. The molecule has 5 heteroatoms. The summed E-state index contributed by atoms with van der Waals surface area (Å²) in [5, 5.41) is 7.16. The molecule has 0 fully saturated rings. The highest BCUT2D eigenvalue weighted by Gasteiger charge is 2.20. The van der Waals surface area contributed by atoms with Crippen LogP contribution in [0.15, 0.2) is 39.6 Å². The van der Waals surface area contributed by atoms with Crippen molar-refractivity contribution in [3.8, 4) is 0 Å². The Morgan fingerprint density at radius 2 is 2.20 bits per heavy atom. The third-order valence-corrected chi connectivity index (χ3v) is 4.08. The van der Waals surface area contributed by atoms with Crippen molar-refractivity contribution in [2.24, 2.45) is 0 Å². The summed E-state index contributed by atoms with van der Waals surface area (Å²) < 4.78 is 5.11. The number of amides is 1. The van der Waals surface area contributed by atoms with Crippen molar-refractivity contribution in [1.82, 2.24) is 10.2 Å². The lowest BCUT2D eigenvalue weighted by Crippen LogP contribution is -2.37. The first-order valence-electron chi connectivity index (χ1n) is 6.84. The Hall–Kier alpha value is -1.59. The smallest absolute Gasteiger partial charge is 0.287 e. The van der Waals surface area contributed by atoms with Crippen LogP contribution < -0.4 is 5.32 Å². The van der Waals surface area contributed by atoms with Crippen molar-refractivity contribution in [3.63, 3.8) is 0 Å². The molecule has 1 amide bonds. The normalized spacial score (nSPS) is 12.6. The van der Waals surface area contributed by atoms with Crippen molar-refractivity contribution in [1.29, 1.82) is 0 Å². The van der Waals surface area contributed by atoms with Crippen molar-refractivity contribution < 1.29 is 9.21 Å². The van der Waals surface area contributed by atoms with Crippen LogP contribution in [0.5, 0.6) is 0 Å². The molecule has 2 heterocycles. The van der Waals surface area contributed by atoms with Gasteiger partial charge in [0.1, 0.15) is 0 Å². The number of hydrogen-bond acceptors (Lipinski definition) is 4. The summed E-state index contributed by atoms with van der Waals surface area (Å²) in [6.45, 7) is 6.76. The van der Waals surface area contributed by atoms with Gasteiger partial charge in [0.25, 0.3) is 5.91 Å². The second kappa shape index (κ2) is 7.26. The van der Waals surface area contributed by atoms with Gasteiger partial charge in [0.05, 0.1) is 12.3 Å². The van der Waals surface area contributed by atoms with Gasteiger partial charge in [0, 0.05) is 6.54 Å². The van der Waals surface area contributed by atoms with E-state index in [1.807, 2.05) is 0 Å². The number of rotatable bonds is 7. The Balaban J connectivity index is 2.03. The number of nitrogens with one attached hydrogen (secondary N) is 1. The summed E-state index contributed by atoms with van der Waals surface area (Å²) in [4.78, 5) is 14.3. The Bertz CT molecular complexity index is 504. The Labute approximate surface area is 123 Å². The molecule has 2 rings (SSSR count). The fourth-order valence-electron chi connectivity index (χ4n) is 2.27. The summed E-state index contributed by atoms with van der Waals surface area (Å²) in [7, 11) is 0. The zero-order chi connectivity index (χ0) is 14.4. The Kier molecular flexibility index (Phi) is 5.38. The van der Waals surface area contributed by atoms with Crippen LogP contribution >= 0.6 is 11.3 Å². The quantitative estimate of drug-likeness (QED) is 0.852. The van der Waals surface area contributed by atoms with Crippen LogP contribution in [-0.2, 0) is 0 Å². The van der Waals surface area contributed by atoms with E-state index in [4.69, 9.17) is 4.42 Å². The van der Waals surface area contributed by atoms with Crippen molar-refractivity contribution in [3.05, 3.63) is 46.5 Å². The van der Waals surface area contributed by atoms with Gasteiger partial charge in [0.15, 0.2) is 5.76 Å². The molecule has 0 saturated heterocycles. The highest BCUT2D eigenvalue weighted by Crippen LogP contribution is 2.22. The van der Waals surface area contributed by atoms with E-state index in [9.17, 15) is 4.79 Å². The lowest BCUT2D eigenvalue weighted by molar-refractivity contribution is 0.0907. The molecule has 0 aliphatic heterocycles. The van der Waals surface area contributed by atoms with Gasteiger partial charge in [-0.25, -0.2) is 0 Å². The van der Waals surface area contributed by atoms with Gasteiger partial charge in [-0.15, -0.1) is 0 Å². The van der Waals surface area contributed by atoms with Gasteiger partial charge in [-0.2, -0.15) is 11.3 Å². The van der Waals surface area contributed by atoms with Gasteiger partial charge in [0.2, 0.25) is 0 Å². The fourth-order valence-corrected chi connectivity index (χ4v) is 2.98. The molecule has 1 N–H and O–H groups in total. The minimum Gasteiger partial charge on any atom is -0.459 e. The molecule has 2 aromatic heterocycles. The molecular weight excluding hydrogens is 272 g/mol. The first-order chi connectivity index (χ1) is 9.76. The highest BCUT2D eigenvalue weighted by molar-refractivity contribution is 7.07. The standard InChI is InChI=1S/C15H20N2O2S/c1-3-17(4-2)13(12-7-9-20-11-12)10-16-15(18)14-6-5-8-19-14/h5-9,11,13H,3-4,10H2,1-2H3,(H,16,18). The van der Waals surface area contributed by atoms with Crippen molar-refractivity contribution >= 4 is 17.2 Å². The maximum Gasteiger partial charge on any atom is 0.287 e. The number of likely N-dealkylation sites (N-methyl/N-ethyl adjacent to an activating group) is 1. The van der Waals surface area contributed by atoms with E-state index in [0.717, 1.165) is 13.1 Å². The zero-order valence-electron chi connectivity index (χ0n) is 11.8. The van der Waals surface area contributed by atoms with E-state index in [0.29, 0.717) is 12.3 Å². The molecule has 108 valence electrons. The predicted molar refractivity (Wildman–Crippen MR) is 81.0 cm³/mol. The number of carbonyl (C=O) groups excluding carboxylic acids is 1. The van der Waals surface area contributed by atoms with Crippen LogP contribution in [0.4, 0.5) is 0 Å². The Morgan fingerprint density at radius 1 is 1.40 bits per heavy atom. The van der Waals surface area contributed by atoms with Crippen LogP contribution in [0.1, 0.15) is 36.0 Å². The number of furan rings is 1. The Morgan fingerprint density at radius 3 is 2.75 bits per heavy atom. The maximum absolute atomic E-state index is 12.0. The molecule has 2 aromatic rings. The van der Waals surface area contributed by atoms with E-state index < -0.39 is 0 Å². The number of nitrogens with zero attached hydrogens (tertiary/aromatic N) is 1. The molecule has 0 aromatic carbocycles. The lowest BCUT2D eigenvalue weighted by Gasteiger charge is -2.29. The summed E-state index contributed by atoms with van der Waals surface area (Å²) in [5.74, 6) is 0.191. The third kappa shape index (κ3) is 3.49. The first kappa shape index (κ1) is 14.8. The monoisotopic (exact) mass is 292 g/mol. The molecule has 0 spiro atoms. The largest absolute Gasteiger partial charge is 0.459 e. The average molecular weight is 292 g/mol. The van der Waals surface area contributed by atoms with E-state index in [1.54, 1.807) is 23.5 Å². The topological polar surface area (TPSA) is 45.5 Å². The number of carbonyl (C=O) groups is 1. The van der Waals surface area contributed by atoms with Crippen molar-refractivity contribution in [2.45, 2.75) is 19.9 Å². The van der Waals surface area contributed by atoms with Crippen molar-refractivity contribution in [2.75, 3.05) is 19.6 Å². The summed E-state index contributed by atoms with van der Waals surface area (Å²) in [6, 6.07) is 5.71. The van der Waals surface area contributed by atoms with Gasteiger partial charge in [-0.05, 0) is 47.6 Å². The highest BCUT2D eigenvalue weighted by atomic mass is 32.1. The molecule has 0 aliphatic rings. The third-order valence-electron chi connectivity index (χ3n) is 3.38. The molecule has 20 heavy (non-hydrogen) atoms. The molecule has 4 nitrogen and oxygen atoms in total. The van der Waals surface area contributed by atoms with Crippen LogP contribution in [0.3, 0.4) is 0 Å². The molecule has 0 aliphatic carbocycles. The van der Waals surface area contributed by atoms with Crippen LogP contribution in [0.2, 0.25) is 0 Å². The van der Waals surface area contributed by atoms with Crippen LogP contribution in [0.25, 0.3) is 0 Å². The van der Waals surface area contributed by atoms with Gasteiger partial charge in [-0.3, -0.25) is 9.69 Å². The minimum atomic E-state index is -0.164. The van der Waals surface area contributed by atoms with Gasteiger partial charge < -0.3 is 9.73 Å². The molecule has 0 saturated carbocycles. The molecule has 1 unspecified atom stereocenters. The first-order valence-corrected chi connectivity index (χ1v) is 7.78. The van der Waals surface area contributed by atoms with E-state index in [2.05, 4.69) is 40.9 Å². The van der Waals surface area contributed by atoms with Crippen LogP contribution in [0, 0.1) is 0 Å². The predicted octanol–water partition coefficient (Wildman–Crippen LogP) is 3.15. The second-order valence-corrected chi connectivity index (χ2v) is 5.26. The number of hydrogen-bond donors (Lipinski definition) is 1. The SMILES string of the molecule is CCN(CC)C(CNC(=O)c1ccco1)c1ccsc1. The zero-order valence-corrected chi connectivity index (χ0v) is 12.7. The fraction of sp³-hybridized carbons (Fsp3) is 0.400. The molecule has 1 atom stereocenters. The average Bonchev–Trinajstić information content (AvgIpc) is 3.15. The van der Waals surface area contributed by atoms with Crippen LogP contribution in [-0.4, -0.2) is 30.4 Å². The maximum atomic E-state index is 12.0. The molecule has 0 radical (unpaired) electrons. The summed E-state index contributed by atoms with van der Waals surface area (Å²) in [6.07, 6.45) is 1.51. The summed E-state index contributed by atoms with van der Waals surface area (Å²) in [5.41, 5.74) is 1.25. The lowest BCUT2D eigenvalue weighted by atomic mass is 10.1. The van der Waals surface area contributed by atoms with E-state index in [1.165, 1.54) is 11.8 Å². The second-order valence-electron chi connectivity index (χ2n) is 4.48. The summed E-state index contributed by atoms with van der Waals surface area (Å²) >= 11 is 1.68. The van der Waals surface area contributed by atoms with E-state index in [-0.39, 0.29) is 11.9 Å². The molecular formula is C15H20N2O2S. The van der Waals surface area contributed by atoms with Gasteiger partial charge >= 0.3 is 0 Å². The molecule has 0 bridgehead atoms.